The fourth-order valence-electron chi connectivity index (χ4n) is 2.09. The molecule has 2 rings (SSSR count). The molecule has 0 N–H and O–H groups in total. The summed E-state index contributed by atoms with van der Waals surface area (Å²) in [4.78, 5) is 13.8. The zero-order valence-corrected chi connectivity index (χ0v) is 15.1. The van der Waals surface area contributed by atoms with E-state index in [1.54, 1.807) is 42.3 Å². The Morgan fingerprint density at radius 3 is 2.64 bits per heavy atom. The number of rotatable bonds is 6. The number of nitrogens with zero attached hydrogens (tertiary/aromatic N) is 2. The lowest BCUT2D eigenvalue weighted by Gasteiger charge is -2.16. The van der Waals surface area contributed by atoms with Gasteiger partial charge in [0, 0.05) is 19.7 Å². The number of carbonyl (C=O) groups excluding carboxylic acids is 1. The summed E-state index contributed by atoms with van der Waals surface area (Å²) in [6.45, 7) is 0.369. The number of amides is 1. The largest absolute Gasteiger partial charge is 0.479 e. The predicted octanol–water partition coefficient (Wildman–Crippen LogP) is 4.57. The summed E-state index contributed by atoms with van der Waals surface area (Å²) in [6.07, 6.45) is 3.20. The molecule has 6 heteroatoms. The van der Waals surface area contributed by atoms with Crippen molar-refractivity contribution in [1.29, 1.82) is 5.26 Å². The highest BCUT2D eigenvalue weighted by atomic mass is 35.5. The van der Waals surface area contributed by atoms with E-state index in [2.05, 4.69) is 0 Å². The van der Waals surface area contributed by atoms with Crippen LogP contribution in [0.4, 0.5) is 0 Å². The van der Waals surface area contributed by atoms with E-state index >= 15 is 0 Å². The maximum Gasteiger partial charge on any atom is 0.246 e. The molecule has 0 spiro atoms. The Morgan fingerprint density at radius 2 is 1.96 bits per heavy atom. The van der Waals surface area contributed by atoms with Crippen LogP contribution in [0.2, 0.25) is 10.0 Å². The molecule has 4 nitrogen and oxygen atoms in total. The Balaban J connectivity index is 1.97. The number of hydrogen-bond acceptors (Lipinski definition) is 3. The summed E-state index contributed by atoms with van der Waals surface area (Å²) < 4.78 is 5.18. The Hall–Kier alpha value is -2.48. The molecule has 0 aliphatic carbocycles. The number of carbonyl (C=O) groups is 1. The van der Waals surface area contributed by atoms with E-state index in [9.17, 15) is 4.79 Å². The zero-order chi connectivity index (χ0) is 18.2. The van der Waals surface area contributed by atoms with Crippen molar-refractivity contribution in [3.8, 4) is 11.8 Å². The summed E-state index contributed by atoms with van der Waals surface area (Å²) in [6, 6.07) is 14.4. The van der Waals surface area contributed by atoms with Crippen LogP contribution in [-0.4, -0.2) is 24.5 Å². The van der Waals surface area contributed by atoms with Gasteiger partial charge in [0.1, 0.15) is 11.8 Å². The van der Waals surface area contributed by atoms with Crippen LogP contribution in [0, 0.1) is 11.3 Å². The molecular weight excluding hydrogens is 359 g/mol. The first kappa shape index (κ1) is 18.9. The summed E-state index contributed by atoms with van der Waals surface area (Å²) in [5.41, 5.74) is 1.64. The molecule has 0 unspecified atom stereocenters. The molecule has 25 heavy (non-hydrogen) atoms. The Labute approximate surface area is 156 Å². The first-order valence-corrected chi connectivity index (χ1v) is 8.22. The van der Waals surface area contributed by atoms with Gasteiger partial charge in [-0.3, -0.25) is 4.79 Å². The van der Waals surface area contributed by atoms with Crippen molar-refractivity contribution in [3.63, 3.8) is 0 Å². The van der Waals surface area contributed by atoms with Gasteiger partial charge in [-0.25, -0.2) is 0 Å². The number of ether oxygens (including phenoxy) is 1. The van der Waals surface area contributed by atoms with Crippen LogP contribution >= 0.6 is 23.2 Å². The minimum atomic E-state index is -0.152. The minimum absolute atomic E-state index is 0.00449. The second-order valence-corrected chi connectivity index (χ2v) is 6.04. The molecule has 1 amide bonds. The lowest BCUT2D eigenvalue weighted by atomic mass is 10.2. The molecule has 0 aliphatic heterocycles. The molecule has 0 atom stereocenters. The SMILES string of the molecule is CN(Cc1cccc(Cl)c1Cl)C(=O)/C=C/c1ccc(OCC#N)cc1. The van der Waals surface area contributed by atoms with Gasteiger partial charge in [0.15, 0.2) is 6.61 Å². The van der Waals surface area contributed by atoms with Gasteiger partial charge in [0.25, 0.3) is 0 Å². The van der Waals surface area contributed by atoms with Crippen molar-refractivity contribution < 1.29 is 9.53 Å². The number of nitriles is 1. The third kappa shape index (κ3) is 5.53. The van der Waals surface area contributed by atoms with Crippen molar-refractivity contribution >= 4 is 35.2 Å². The quantitative estimate of drug-likeness (QED) is 0.695. The van der Waals surface area contributed by atoms with Crippen molar-refractivity contribution in [2.75, 3.05) is 13.7 Å². The number of benzene rings is 2. The average Bonchev–Trinajstić information content (AvgIpc) is 2.62. The first-order valence-electron chi connectivity index (χ1n) is 7.47. The molecular formula is C19H16Cl2N2O2. The smallest absolute Gasteiger partial charge is 0.246 e. The third-order valence-electron chi connectivity index (χ3n) is 3.42. The molecule has 0 bridgehead atoms. The van der Waals surface area contributed by atoms with Crippen LogP contribution in [0.5, 0.6) is 5.75 Å². The van der Waals surface area contributed by atoms with Crippen molar-refractivity contribution in [2.45, 2.75) is 6.54 Å². The standard InChI is InChI=1S/C19H16Cl2N2O2/c1-23(13-15-3-2-4-17(20)19(15)21)18(24)10-7-14-5-8-16(9-6-14)25-12-11-22/h2-10H,12-13H2,1H3/b10-7+. The van der Waals surface area contributed by atoms with Gasteiger partial charge in [-0.15, -0.1) is 0 Å². The molecule has 2 aromatic rings. The van der Waals surface area contributed by atoms with Gasteiger partial charge in [-0.1, -0.05) is 47.5 Å². The van der Waals surface area contributed by atoms with Crippen LogP contribution in [0.15, 0.2) is 48.5 Å². The van der Waals surface area contributed by atoms with Gasteiger partial charge >= 0.3 is 0 Å². The van der Waals surface area contributed by atoms with Crippen LogP contribution in [0.25, 0.3) is 6.08 Å². The predicted molar refractivity (Wildman–Crippen MR) is 99.5 cm³/mol. The van der Waals surface area contributed by atoms with Crippen molar-refractivity contribution in [3.05, 3.63) is 69.7 Å². The molecule has 0 heterocycles. The fourth-order valence-corrected chi connectivity index (χ4v) is 2.47. The van der Waals surface area contributed by atoms with Crippen molar-refractivity contribution in [1.82, 2.24) is 4.90 Å². The first-order chi connectivity index (χ1) is 12.0. The summed E-state index contributed by atoms with van der Waals surface area (Å²) in [7, 11) is 1.70. The second kappa shape index (κ2) is 9.12. The van der Waals surface area contributed by atoms with Gasteiger partial charge in [0.05, 0.1) is 10.0 Å². The molecule has 0 aliphatic rings. The molecule has 0 aromatic heterocycles. The number of hydrogen-bond donors (Lipinski definition) is 0. The summed E-state index contributed by atoms with van der Waals surface area (Å²) >= 11 is 12.1. The van der Waals surface area contributed by atoms with Gasteiger partial charge in [0.2, 0.25) is 5.91 Å². The second-order valence-electron chi connectivity index (χ2n) is 5.26. The monoisotopic (exact) mass is 374 g/mol. The minimum Gasteiger partial charge on any atom is -0.479 e. The third-order valence-corrected chi connectivity index (χ3v) is 4.28. The van der Waals surface area contributed by atoms with Gasteiger partial charge in [-0.05, 0) is 35.4 Å². The van der Waals surface area contributed by atoms with Crippen LogP contribution in [-0.2, 0) is 11.3 Å². The average molecular weight is 375 g/mol. The fraction of sp³-hybridized carbons (Fsp3) is 0.158. The Bertz CT molecular complexity index is 811. The highest BCUT2D eigenvalue weighted by Crippen LogP contribution is 2.26. The highest BCUT2D eigenvalue weighted by Gasteiger charge is 2.10. The normalized spacial score (nSPS) is 10.5. The molecule has 0 saturated carbocycles. The topological polar surface area (TPSA) is 53.3 Å². The molecule has 0 saturated heterocycles. The van der Waals surface area contributed by atoms with E-state index < -0.39 is 0 Å². The molecule has 0 radical (unpaired) electrons. The number of likely N-dealkylation sites (N-methyl/N-ethyl adjacent to an activating group) is 1. The van der Waals surface area contributed by atoms with E-state index in [1.165, 1.54) is 6.08 Å². The Morgan fingerprint density at radius 1 is 1.24 bits per heavy atom. The van der Waals surface area contributed by atoms with E-state index in [-0.39, 0.29) is 12.5 Å². The summed E-state index contributed by atoms with van der Waals surface area (Å²) in [5.74, 6) is 0.457. The van der Waals surface area contributed by atoms with Gasteiger partial charge < -0.3 is 9.64 Å². The van der Waals surface area contributed by atoms with E-state index in [0.29, 0.717) is 22.3 Å². The van der Waals surface area contributed by atoms with E-state index in [0.717, 1.165) is 11.1 Å². The van der Waals surface area contributed by atoms with Crippen LogP contribution in [0.1, 0.15) is 11.1 Å². The lowest BCUT2D eigenvalue weighted by molar-refractivity contribution is -0.125. The van der Waals surface area contributed by atoms with Crippen LogP contribution < -0.4 is 4.74 Å². The zero-order valence-electron chi connectivity index (χ0n) is 13.6. The number of halogens is 2. The van der Waals surface area contributed by atoms with Gasteiger partial charge in [-0.2, -0.15) is 5.26 Å². The highest BCUT2D eigenvalue weighted by molar-refractivity contribution is 6.42. The summed E-state index contributed by atoms with van der Waals surface area (Å²) in [5, 5.41) is 9.40. The Kier molecular flexibility index (Phi) is 6.88. The molecule has 0 fully saturated rings. The maximum atomic E-state index is 12.2. The molecule has 128 valence electrons. The van der Waals surface area contributed by atoms with Crippen molar-refractivity contribution in [2.24, 2.45) is 0 Å². The lowest BCUT2D eigenvalue weighted by Crippen LogP contribution is -2.24. The van der Waals surface area contributed by atoms with Crippen LogP contribution in [0.3, 0.4) is 0 Å². The van der Waals surface area contributed by atoms with E-state index in [4.69, 9.17) is 33.2 Å². The molecule has 2 aromatic carbocycles. The maximum absolute atomic E-state index is 12.2. The van der Waals surface area contributed by atoms with E-state index in [1.807, 2.05) is 24.3 Å².